The van der Waals surface area contributed by atoms with Gasteiger partial charge >= 0.3 is 0 Å². The number of piperidine rings is 1. The molecule has 2 rings (SSSR count). The summed E-state index contributed by atoms with van der Waals surface area (Å²) in [6, 6.07) is 0.129. The molecule has 0 bridgehead atoms. The molecule has 1 saturated heterocycles. The van der Waals surface area contributed by atoms with E-state index in [1.807, 2.05) is 32.7 Å². The minimum Gasteiger partial charge on any atom is -0.480 e. The van der Waals surface area contributed by atoms with Crippen LogP contribution in [0.25, 0.3) is 0 Å². The Balaban J connectivity index is 1.92. The number of amides is 1. The van der Waals surface area contributed by atoms with Gasteiger partial charge in [0.15, 0.2) is 12.4 Å². The summed E-state index contributed by atoms with van der Waals surface area (Å²) in [6.07, 6.45) is 2.12. The molecule has 2 N–H and O–H groups in total. The number of aromatic nitrogens is 2. The van der Waals surface area contributed by atoms with Gasteiger partial charge in [0, 0.05) is 26.2 Å². The minimum absolute atomic E-state index is 0.0306. The molecule has 1 aromatic rings. The molecule has 1 amide bonds. The average molecular weight is 294 g/mol. The maximum Gasteiger partial charge on any atom is 0.260 e. The normalized spacial score (nSPS) is 20.4. The second kappa shape index (κ2) is 6.47. The van der Waals surface area contributed by atoms with E-state index < -0.39 is 0 Å². The summed E-state index contributed by atoms with van der Waals surface area (Å²) in [5, 5.41) is 4.29. The van der Waals surface area contributed by atoms with Crippen LogP contribution in [0.15, 0.2) is 0 Å². The van der Waals surface area contributed by atoms with Crippen LogP contribution < -0.4 is 10.5 Å². The topological polar surface area (TPSA) is 73.4 Å². The molecule has 1 aliphatic heterocycles. The van der Waals surface area contributed by atoms with Crippen LogP contribution in [0.3, 0.4) is 0 Å². The molecule has 6 heteroatoms. The molecule has 0 aromatic carbocycles. The second-order valence-electron chi connectivity index (χ2n) is 6.01. The zero-order valence-corrected chi connectivity index (χ0v) is 13.4. The first kappa shape index (κ1) is 15.8. The van der Waals surface area contributed by atoms with E-state index in [9.17, 15) is 4.79 Å². The molecule has 118 valence electrons. The van der Waals surface area contributed by atoms with E-state index in [1.54, 1.807) is 4.68 Å². The first-order valence-electron chi connectivity index (χ1n) is 7.56. The first-order valence-corrected chi connectivity index (χ1v) is 7.56. The second-order valence-corrected chi connectivity index (χ2v) is 6.01. The van der Waals surface area contributed by atoms with Crippen molar-refractivity contribution in [2.24, 2.45) is 18.7 Å². The Morgan fingerprint density at radius 1 is 1.52 bits per heavy atom. The molecule has 1 aliphatic rings. The predicted molar refractivity (Wildman–Crippen MR) is 81.1 cm³/mol. The van der Waals surface area contributed by atoms with Crippen molar-refractivity contribution in [2.75, 3.05) is 19.7 Å². The summed E-state index contributed by atoms with van der Waals surface area (Å²) in [5.41, 5.74) is 7.71. The Morgan fingerprint density at radius 2 is 2.24 bits per heavy atom. The Kier molecular flexibility index (Phi) is 4.88. The highest BCUT2D eigenvalue weighted by atomic mass is 16.5. The van der Waals surface area contributed by atoms with Gasteiger partial charge in [-0.25, -0.2) is 0 Å². The molecule has 2 heterocycles. The van der Waals surface area contributed by atoms with Gasteiger partial charge in [0.25, 0.3) is 5.91 Å². The van der Waals surface area contributed by atoms with Crippen LogP contribution in [0.5, 0.6) is 5.75 Å². The lowest BCUT2D eigenvalue weighted by atomic mass is 9.92. The van der Waals surface area contributed by atoms with Crippen LogP contribution >= 0.6 is 0 Å². The fourth-order valence-electron chi connectivity index (χ4n) is 2.85. The maximum absolute atomic E-state index is 12.3. The zero-order valence-electron chi connectivity index (χ0n) is 13.4. The van der Waals surface area contributed by atoms with Crippen LogP contribution in [0.2, 0.25) is 0 Å². The lowest BCUT2D eigenvalue weighted by Crippen LogP contribution is -2.46. The Morgan fingerprint density at radius 3 is 2.81 bits per heavy atom. The van der Waals surface area contributed by atoms with Crippen LogP contribution in [0.1, 0.15) is 31.2 Å². The molecular formula is C15H26N4O2. The number of nitrogens with zero attached hydrogens (tertiary/aromatic N) is 3. The summed E-state index contributed by atoms with van der Waals surface area (Å²) in [4.78, 5) is 14.2. The fourth-order valence-corrected chi connectivity index (χ4v) is 2.85. The lowest BCUT2D eigenvalue weighted by Gasteiger charge is -2.34. The van der Waals surface area contributed by atoms with Crippen molar-refractivity contribution in [3.63, 3.8) is 0 Å². The van der Waals surface area contributed by atoms with E-state index in [4.69, 9.17) is 10.5 Å². The molecule has 6 nitrogen and oxygen atoms in total. The standard InChI is InChI=1S/C15H26N4O2/c1-10(16)13-6-5-7-19(8-13)14(20)9-21-15-11(2)17-18(4)12(15)3/h10,13H,5-9,16H2,1-4H3/t10-,13+/m1/s1. The number of hydrogen-bond donors (Lipinski definition) is 1. The van der Waals surface area contributed by atoms with Gasteiger partial charge in [0.2, 0.25) is 0 Å². The predicted octanol–water partition coefficient (Wildman–Crippen LogP) is 1.00. The third kappa shape index (κ3) is 3.56. The van der Waals surface area contributed by atoms with Crippen LogP contribution in [0.4, 0.5) is 0 Å². The number of carbonyl (C=O) groups is 1. The molecular weight excluding hydrogens is 268 g/mol. The van der Waals surface area contributed by atoms with Gasteiger partial charge in [-0.3, -0.25) is 9.48 Å². The number of nitrogens with two attached hydrogens (primary N) is 1. The number of hydrogen-bond acceptors (Lipinski definition) is 4. The maximum atomic E-state index is 12.3. The van der Waals surface area contributed by atoms with Gasteiger partial charge in [-0.15, -0.1) is 0 Å². The monoisotopic (exact) mass is 294 g/mol. The largest absolute Gasteiger partial charge is 0.480 e. The molecule has 21 heavy (non-hydrogen) atoms. The smallest absolute Gasteiger partial charge is 0.260 e. The SMILES string of the molecule is Cc1nn(C)c(C)c1OCC(=O)N1CCC[C@H]([C@@H](C)N)C1. The number of ether oxygens (including phenoxy) is 1. The molecule has 2 atom stereocenters. The Labute approximate surface area is 126 Å². The fraction of sp³-hybridized carbons (Fsp3) is 0.733. The van der Waals surface area contributed by atoms with Crippen molar-refractivity contribution in [1.29, 1.82) is 0 Å². The highest BCUT2D eigenvalue weighted by Crippen LogP contribution is 2.22. The average Bonchev–Trinajstić information content (AvgIpc) is 2.70. The van der Waals surface area contributed by atoms with E-state index in [2.05, 4.69) is 5.10 Å². The van der Waals surface area contributed by atoms with Gasteiger partial charge in [-0.05, 0) is 39.5 Å². The van der Waals surface area contributed by atoms with Crippen molar-refractivity contribution >= 4 is 5.91 Å². The highest BCUT2D eigenvalue weighted by molar-refractivity contribution is 5.78. The molecule has 0 spiro atoms. The summed E-state index contributed by atoms with van der Waals surface area (Å²) in [6.45, 7) is 7.45. The highest BCUT2D eigenvalue weighted by Gasteiger charge is 2.26. The van der Waals surface area contributed by atoms with Crippen molar-refractivity contribution in [3.05, 3.63) is 11.4 Å². The molecule has 0 unspecified atom stereocenters. The zero-order chi connectivity index (χ0) is 15.6. The molecule has 1 aromatic heterocycles. The van der Waals surface area contributed by atoms with Gasteiger partial charge in [0.1, 0.15) is 5.69 Å². The number of likely N-dealkylation sites (tertiary alicyclic amines) is 1. The lowest BCUT2D eigenvalue weighted by molar-refractivity contribution is -0.135. The summed E-state index contributed by atoms with van der Waals surface area (Å²) in [5.74, 6) is 1.14. The third-order valence-corrected chi connectivity index (χ3v) is 4.34. The van der Waals surface area contributed by atoms with Crippen molar-refractivity contribution in [3.8, 4) is 5.75 Å². The summed E-state index contributed by atoms with van der Waals surface area (Å²) >= 11 is 0. The van der Waals surface area contributed by atoms with Gasteiger partial charge in [0.05, 0.1) is 5.69 Å². The van der Waals surface area contributed by atoms with Crippen LogP contribution in [-0.2, 0) is 11.8 Å². The molecule has 0 aliphatic carbocycles. The molecule has 1 fully saturated rings. The van der Waals surface area contributed by atoms with Crippen molar-refractivity contribution in [1.82, 2.24) is 14.7 Å². The molecule has 0 saturated carbocycles. The van der Waals surface area contributed by atoms with Crippen LogP contribution in [-0.4, -0.2) is 46.3 Å². The van der Waals surface area contributed by atoms with Crippen molar-refractivity contribution in [2.45, 2.75) is 39.7 Å². The minimum atomic E-state index is 0.0306. The van der Waals surface area contributed by atoms with Crippen molar-refractivity contribution < 1.29 is 9.53 Å². The van der Waals surface area contributed by atoms with Crippen LogP contribution in [0, 0.1) is 19.8 Å². The molecule has 0 radical (unpaired) electrons. The first-order chi connectivity index (χ1) is 9.90. The van der Waals surface area contributed by atoms with Gasteiger partial charge < -0.3 is 15.4 Å². The number of aryl methyl sites for hydroxylation is 2. The van der Waals surface area contributed by atoms with E-state index in [0.29, 0.717) is 11.7 Å². The Hall–Kier alpha value is -1.56. The Bertz CT molecular complexity index is 510. The van der Waals surface area contributed by atoms with E-state index in [0.717, 1.165) is 37.3 Å². The quantitative estimate of drug-likeness (QED) is 0.899. The third-order valence-electron chi connectivity index (χ3n) is 4.34. The summed E-state index contributed by atoms with van der Waals surface area (Å²) < 4.78 is 7.46. The van der Waals surface area contributed by atoms with E-state index in [-0.39, 0.29) is 18.6 Å². The number of rotatable bonds is 4. The number of carbonyl (C=O) groups excluding carboxylic acids is 1. The van der Waals surface area contributed by atoms with E-state index >= 15 is 0 Å². The van der Waals surface area contributed by atoms with E-state index in [1.165, 1.54) is 0 Å². The van der Waals surface area contributed by atoms with Gasteiger partial charge in [-0.2, -0.15) is 5.10 Å². The van der Waals surface area contributed by atoms with Gasteiger partial charge in [-0.1, -0.05) is 0 Å². The summed E-state index contributed by atoms with van der Waals surface area (Å²) in [7, 11) is 1.87.